The van der Waals surface area contributed by atoms with Crippen molar-refractivity contribution < 1.29 is 18.3 Å². The van der Waals surface area contributed by atoms with Crippen molar-refractivity contribution >= 4 is 15.7 Å². The molecule has 0 radical (unpaired) electrons. The van der Waals surface area contributed by atoms with Gasteiger partial charge in [-0.2, -0.15) is 0 Å². The van der Waals surface area contributed by atoms with E-state index in [9.17, 15) is 13.5 Å². The molecule has 1 aliphatic rings. The number of nitrogens with zero attached hydrogens (tertiary/aromatic N) is 1. The largest absolute Gasteiger partial charge is 0.489 e. The van der Waals surface area contributed by atoms with Gasteiger partial charge in [-0.05, 0) is 17.2 Å². The highest BCUT2D eigenvalue weighted by molar-refractivity contribution is 7.92. The molecule has 0 aromatic heterocycles. The number of fused-ring (bicyclic) bond motifs is 1. The summed E-state index contributed by atoms with van der Waals surface area (Å²) in [6.07, 6.45) is 1.17. The summed E-state index contributed by atoms with van der Waals surface area (Å²) in [6, 6.07) is 15.2. The van der Waals surface area contributed by atoms with E-state index >= 15 is 0 Å². The van der Waals surface area contributed by atoms with Crippen LogP contribution in [-0.4, -0.2) is 32.9 Å². The average Bonchev–Trinajstić information content (AvgIpc) is 2.92. The first-order chi connectivity index (χ1) is 11.0. The molecule has 0 aliphatic carbocycles. The molecule has 0 saturated carbocycles. The third kappa shape index (κ3) is 3.33. The van der Waals surface area contributed by atoms with E-state index in [0.29, 0.717) is 18.0 Å². The second-order valence-electron chi connectivity index (χ2n) is 5.67. The molecule has 23 heavy (non-hydrogen) atoms. The van der Waals surface area contributed by atoms with E-state index in [1.807, 2.05) is 42.5 Å². The lowest BCUT2D eigenvalue weighted by molar-refractivity contribution is 0.272. The minimum absolute atomic E-state index is 0.0801. The van der Waals surface area contributed by atoms with Crippen molar-refractivity contribution in [2.75, 3.05) is 23.7 Å². The Balaban J connectivity index is 1.85. The summed E-state index contributed by atoms with van der Waals surface area (Å²) >= 11 is 0. The van der Waals surface area contributed by atoms with Crippen LogP contribution in [-0.2, 0) is 16.6 Å². The Morgan fingerprint density at radius 2 is 1.96 bits per heavy atom. The maximum absolute atomic E-state index is 12.0. The first-order valence-corrected chi connectivity index (χ1v) is 9.23. The molecule has 1 heterocycles. The Morgan fingerprint density at radius 3 is 2.61 bits per heavy atom. The Hall–Kier alpha value is -2.05. The monoisotopic (exact) mass is 333 g/mol. The van der Waals surface area contributed by atoms with Crippen molar-refractivity contribution in [2.24, 2.45) is 0 Å². The van der Waals surface area contributed by atoms with Gasteiger partial charge in [0.15, 0.2) is 0 Å². The number of anilines is 1. The van der Waals surface area contributed by atoms with Crippen LogP contribution in [0.4, 0.5) is 5.69 Å². The van der Waals surface area contributed by atoms with Crippen LogP contribution in [0.25, 0.3) is 0 Å². The lowest BCUT2D eigenvalue weighted by Gasteiger charge is -2.17. The second kappa shape index (κ2) is 6.22. The van der Waals surface area contributed by atoms with E-state index in [0.717, 1.165) is 11.1 Å². The summed E-state index contributed by atoms with van der Waals surface area (Å²) in [5.41, 5.74) is 2.48. The van der Waals surface area contributed by atoms with Crippen molar-refractivity contribution in [3.63, 3.8) is 0 Å². The van der Waals surface area contributed by atoms with Gasteiger partial charge in [0.25, 0.3) is 0 Å². The van der Waals surface area contributed by atoms with Crippen LogP contribution in [0.2, 0.25) is 0 Å². The third-order valence-electron chi connectivity index (χ3n) is 3.97. The Kier molecular flexibility index (Phi) is 4.28. The van der Waals surface area contributed by atoms with Crippen LogP contribution in [0.5, 0.6) is 5.75 Å². The topological polar surface area (TPSA) is 66.8 Å². The summed E-state index contributed by atoms with van der Waals surface area (Å²) in [5.74, 6) is 0.419. The van der Waals surface area contributed by atoms with Crippen LogP contribution >= 0.6 is 0 Å². The predicted molar refractivity (Wildman–Crippen MR) is 89.2 cm³/mol. The molecular formula is C17H19NO4S. The van der Waals surface area contributed by atoms with E-state index in [4.69, 9.17) is 4.74 Å². The summed E-state index contributed by atoms with van der Waals surface area (Å²) in [4.78, 5) is 0. The predicted octanol–water partition coefficient (Wildman–Crippen LogP) is 2.12. The maximum Gasteiger partial charge on any atom is 0.232 e. The van der Waals surface area contributed by atoms with Gasteiger partial charge in [-0.1, -0.05) is 36.4 Å². The zero-order valence-electron chi connectivity index (χ0n) is 12.8. The molecule has 3 rings (SSSR count). The number of hydrogen-bond donors (Lipinski definition) is 1. The molecule has 0 fully saturated rings. The number of aliphatic hydroxyl groups is 1. The minimum atomic E-state index is -3.38. The zero-order chi connectivity index (χ0) is 16.4. The molecule has 2 aromatic rings. The first kappa shape index (κ1) is 15.8. The molecular weight excluding hydrogens is 314 g/mol. The van der Waals surface area contributed by atoms with Crippen molar-refractivity contribution in [3.05, 3.63) is 59.7 Å². The molecule has 0 saturated heterocycles. The lowest BCUT2D eigenvalue weighted by Crippen LogP contribution is -2.29. The molecule has 0 bridgehead atoms. The number of hydrogen-bond acceptors (Lipinski definition) is 4. The Labute approximate surface area is 136 Å². The van der Waals surface area contributed by atoms with Crippen molar-refractivity contribution in [3.8, 4) is 5.75 Å². The fraction of sp³-hybridized carbons (Fsp3) is 0.294. The Morgan fingerprint density at radius 1 is 1.22 bits per heavy atom. The molecule has 0 unspecified atom stereocenters. The molecule has 6 heteroatoms. The van der Waals surface area contributed by atoms with Gasteiger partial charge in [0, 0.05) is 18.5 Å². The third-order valence-corrected chi connectivity index (χ3v) is 5.11. The number of benzene rings is 2. The van der Waals surface area contributed by atoms with Crippen molar-refractivity contribution in [2.45, 2.75) is 12.5 Å². The normalized spacial score (nSPS) is 17.1. The number of sulfonamides is 1. The molecule has 1 atom stereocenters. The van der Waals surface area contributed by atoms with Gasteiger partial charge in [-0.15, -0.1) is 0 Å². The summed E-state index contributed by atoms with van der Waals surface area (Å²) in [6.45, 7) is 0.609. The van der Waals surface area contributed by atoms with Gasteiger partial charge in [0.2, 0.25) is 10.0 Å². The molecule has 0 amide bonds. The van der Waals surface area contributed by atoms with E-state index in [2.05, 4.69) is 0 Å². The van der Waals surface area contributed by atoms with Gasteiger partial charge >= 0.3 is 0 Å². The molecule has 122 valence electrons. The molecule has 5 nitrogen and oxygen atoms in total. The highest BCUT2D eigenvalue weighted by Crippen LogP contribution is 2.39. The molecule has 1 N–H and O–H groups in total. The fourth-order valence-corrected chi connectivity index (χ4v) is 3.75. The van der Waals surface area contributed by atoms with Gasteiger partial charge in [-0.3, -0.25) is 4.31 Å². The van der Waals surface area contributed by atoms with E-state index in [1.54, 1.807) is 6.07 Å². The van der Waals surface area contributed by atoms with Crippen LogP contribution in [0, 0.1) is 0 Å². The highest BCUT2D eigenvalue weighted by atomic mass is 32.2. The molecule has 2 aromatic carbocycles. The smallest absolute Gasteiger partial charge is 0.232 e. The van der Waals surface area contributed by atoms with Gasteiger partial charge < -0.3 is 9.84 Å². The SMILES string of the molecule is CS(=O)(=O)N1C[C@H](CO)c2ccc(OCc3ccccc3)cc21. The van der Waals surface area contributed by atoms with Crippen LogP contribution in [0.15, 0.2) is 48.5 Å². The number of rotatable bonds is 5. The van der Waals surface area contributed by atoms with Gasteiger partial charge in [0.05, 0.1) is 18.6 Å². The molecule has 0 spiro atoms. The van der Waals surface area contributed by atoms with Crippen molar-refractivity contribution in [1.29, 1.82) is 0 Å². The fourth-order valence-electron chi connectivity index (χ4n) is 2.78. The maximum atomic E-state index is 12.0. The zero-order valence-corrected chi connectivity index (χ0v) is 13.7. The number of ether oxygens (including phenoxy) is 1. The first-order valence-electron chi connectivity index (χ1n) is 7.38. The summed E-state index contributed by atoms with van der Waals surface area (Å²) < 4.78 is 31.0. The lowest BCUT2D eigenvalue weighted by atomic mass is 10.0. The second-order valence-corrected chi connectivity index (χ2v) is 7.58. The Bertz CT molecular complexity index is 789. The standard InChI is InChI=1S/C17H19NO4S/c1-23(20,21)18-10-14(11-19)16-8-7-15(9-17(16)18)22-12-13-5-3-2-4-6-13/h2-9,14,19H,10-12H2,1H3/t14-/m1/s1. The summed E-state index contributed by atoms with van der Waals surface area (Å²) in [7, 11) is -3.38. The molecule has 1 aliphatic heterocycles. The van der Waals surface area contributed by atoms with Gasteiger partial charge in [-0.25, -0.2) is 8.42 Å². The van der Waals surface area contributed by atoms with Gasteiger partial charge in [0.1, 0.15) is 12.4 Å². The van der Waals surface area contributed by atoms with Crippen molar-refractivity contribution in [1.82, 2.24) is 0 Å². The quantitative estimate of drug-likeness (QED) is 0.910. The van der Waals surface area contributed by atoms with Crippen LogP contribution in [0.3, 0.4) is 0 Å². The average molecular weight is 333 g/mol. The highest BCUT2D eigenvalue weighted by Gasteiger charge is 2.33. The van der Waals surface area contributed by atoms with E-state index < -0.39 is 10.0 Å². The van der Waals surface area contributed by atoms with E-state index in [1.165, 1.54) is 10.6 Å². The minimum Gasteiger partial charge on any atom is -0.489 e. The van der Waals surface area contributed by atoms with E-state index in [-0.39, 0.29) is 19.1 Å². The van der Waals surface area contributed by atoms with Crippen LogP contribution in [0.1, 0.15) is 17.0 Å². The number of aliphatic hydroxyl groups excluding tert-OH is 1. The van der Waals surface area contributed by atoms with Crippen LogP contribution < -0.4 is 9.04 Å². The summed E-state index contributed by atoms with van der Waals surface area (Å²) in [5, 5.41) is 9.46.